The van der Waals surface area contributed by atoms with E-state index in [2.05, 4.69) is 65.2 Å². The predicted octanol–water partition coefficient (Wildman–Crippen LogP) is 3.64. The summed E-state index contributed by atoms with van der Waals surface area (Å²) in [5.41, 5.74) is 3.61. The van der Waals surface area contributed by atoms with Gasteiger partial charge in [0.1, 0.15) is 16.5 Å². The molecule has 0 saturated carbocycles. The number of ether oxygens (including phenoxy) is 1. The molecule has 0 radical (unpaired) electrons. The molecule has 0 atom stereocenters. The van der Waals surface area contributed by atoms with Crippen LogP contribution < -0.4 is 10.2 Å². The Morgan fingerprint density at radius 3 is 2.41 bits per heavy atom. The maximum absolute atomic E-state index is 5.49. The first-order valence-corrected chi connectivity index (χ1v) is 12.3. The van der Waals surface area contributed by atoms with Crippen LogP contribution in [0.5, 0.6) is 0 Å². The van der Waals surface area contributed by atoms with E-state index < -0.39 is 0 Å². The van der Waals surface area contributed by atoms with Crippen molar-refractivity contribution in [2.24, 2.45) is 0 Å². The van der Waals surface area contributed by atoms with Crippen LogP contribution in [0, 0.1) is 13.8 Å². The predicted molar refractivity (Wildman–Crippen MR) is 132 cm³/mol. The fourth-order valence-corrected chi connectivity index (χ4v) is 5.42. The topological polar surface area (TPSA) is 56.8 Å². The third kappa shape index (κ3) is 4.59. The highest BCUT2D eigenvalue weighted by molar-refractivity contribution is 7.18. The molecule has 170 valence electrons. The summed E-state index contributed by atoms with van der Waals surface area (Å²) in [5, 5.41) is 4.74. The van der Waals surface area contributed by atoms with Crippen molar-refractivity contribution < 1.29 is 4.74 Å². The Morgan fingerprint density at radius 2 is 1.69 bits per heavy atom. The van der Waals surface area contributed by atoms with Crippen LogP contribution in [0.1, 0.15) is 16.3 Å². The van der Waals surface area contributed by atoms with E-state index in [1.54, 1.807) is 11.3 Å². The molecule has 2 aromatic heterocycles. The van der Waals surface area contributed by atoms with E-state index in [9.17, 15) is 0 Å². The number of nitrogens with one attached hydrogen (secondary N) is 1. The second-order valence-corrected chi connectivity index (χ2v) is 10.0. The van der Waals surface area contributed by atoms with Gasteiger partial charge in [-0.05, 0) is 50.7 Å². The molecule has 0 spiro atoms. The standard InChI is InChI=1S/C24H32N6OS/c1-17-18(2)32-24-22(17)23(26-21(27-24)16-29-12-14-31-15-13-29)25-19-4-6-20(7-5-19)30-10-8-28(3)9-11-30/h4-7H,8-16H2,1-3H3,(H,25,26,27). The van der Waals surface area contributed by atoms with Crippen molar-refractivity contribution in [2.45, 2.75) is 20.4 Å². The van der Waals surface area contributed by atoms with Gasteiger partial charge in [-0.25, -0.2) is 9.97 Å². The average molecular weight is 453 g/mol. The Morgan fingerprint density at radius 1 is 0.969 bits per heavy atom. The van der Waals surface area contributed by atoms with Gasteiger partial charge in [-0.15, -0.1) is 11.3 Å². The molecule has 1 aromatic carbocycles. The molecule has 7 nitrogen and oxygen atoms in total. The molecule has 0 bridgehead atoms. The van der Waals surface area contributed by atoms with Crippen LogP contribution in [0.4, 0.5) is 17.2 Å². The van der Waals surface area contributed by atoms with Crippen LogP contribution in [0.3, 0.4) is 0 Å². The Labute approximate surface area is 194 Å². The quantitative estimate of drug-likeness (QED) is 0.634. The molecule has 4 heterocycles. The van der Waals surface area contributed by atoms with E-state index in [0.717, 1.165) is 86.6 Å². The van der Waals surface area contributed by atoms with Crippen LogP contribution in [-0.2, 0) is 11.3 Å². The van der Waals surface area contributed by atoms with E-state index in [0.29, 0.717) is 0 Å². The van der Waals surface area contributed by atoms with E-state index in [1.807, 2.05) is 0 Å². The highest BCUT2D eigenvalue weighted by atomic mass is 32.1. The Hall–Kier alpha value is -2.26. The van der Waals surface area contributed by atoms with Gasteiger partial charge in [-0.3, -0.25) is 4.90 Å². The number of likely N-dealkylation sites (N-methyl/N-ethyl adjacent to an activating group) is 1. The number of piperazine rings is 1. The number of hydrogen-bond donors (Lipinski definition) is 1. The molecule has 2 fully saturated rings. The molecule has 1 N–H and O–H groups in total. The van der Waals surface area contributed by atoms with E-state index >= 15 is 0 Å². The van der Waals surface area contributed by atoms with Crippen LogP contribution >= 0.6 is 11.3 Å². The number of aromatic nitrogens is 2. The van der Waals surface area contributed by atoms with E-state index in [1.165, 1.54) is 16.1 Å². The highest BCUT2D eigenvalue weighted by Gasteiger charge is 2.18. The number of thiophene rings is 1. The van der Waals surface area contributed by atoms with Gasteiger partial charge in [0, 0.05) is 55.5 Å². The van der Waals surface area contributed by atoms with Gasteiger partial charge in [0.15, 0.2) is 0 Å². The number of anilines is 3. The number of rotatable bonds is 5. The minimum absolute atomic E-state index is 0.756. The second-order valence-electron chi connectivity index (χ2n) is 8.80. The van der Waals surface area contributed by atoms with Crippen LogP contribution in [0.2, 0.25) is 0 Å². The summed E-state index contributed by atoms with van der Waals surface area (Å²) in [6, 6.07) is 8.76. The number of fused-ring (bicyclic) bond motifs is 1. The van der Waals surface area contributed by atoms with Crippen molar-refractivity contribution in [3.05, 3.63) is 40.5 Å². The molecule has 5 rings (SSSR count). The average Bonchev–Trinajstić information content (AvgIpc) is 3.09. The lowest BCUT2D eigenvalue weighted by molar-refractivity contribution is 0.0331. The van der Waals surface area contributed by atoms with Gasteiger partial charge < -0.3 is 19.9 Å². The second kappa shape index (κ2) is 9.31. The van der Waals surface area contributed by atoms with Gasteiger partial charge in [0.05, 0.1) is 25.1 Å². The summed E-state index contributed by atoms with van der Waals surface area (Å²) in [7, 11) is 2.19. The van der Waals surface area contributed by atoms with Gasteiger partial charge in [-0.2, -0.15) is 0 Å². The number of morpholine rings is 1. The van der Waals surface area contributed by atoms with Crippen LogP contribution in [0.25, 0.3) is 10.2 Å². The first kappa shape index (κ1) is 21.6. The zero-order chi connectivity index (χ0) is 22.1. The summed E-state index contributed by atoms with van der Waals surface area (Å²) < 4.78 is 5.49. The van der Waals surface area contributed by atoms with E-state index in [4.69, 9.17) is 14.7 Å². The molecule has 2 aliphatic heterocycles. The van der Waals surface area contributed by atoms with Gasteiger partial charge in [0.2, 0.25) is 0 Å². The molecule has 2 saturated heterocycles. The maximum Gasteiger partial charge on any atom is 0.146 e. The molecule has 0 unspecified atom stereocenters. The summed E-state index contributed by atoms with van der Waals surface area (Å²) >= 11 is 1.76. The van der Waals surface area contributed by atoms with Crippen molar-refractivity contribution in [3.63, 3.8) is 0 Å². The largest absolute Gasteiger partial charge is 0.379 e. The smallest absolute Gasteiger partial charge is 0.146 e. The fourth-order valence-electron chi connectivity index (χ4n) is 4.37. The molecular formula is C24H32N6OS. The summed E-state index contributed by atoms with van der Waals surface area (Å²) in [5.74, 6) is 1.78. The zero-order valence-electron chi connectivity index (χ0n) is 19.2. The lowest BCUT2D eigenvalue weighted by atomic mass is 10.2. The summed E-state index contributed by atoms with van der Waals surface area (Å²) in [4.78, 5) is 19.4. The van der Waals surface area contributed by atoms with Crippen molar-refractivity contribution in [3.8, 4) is 0 Å². The number of hydrogen-bond acceptors (Lipinski definition) is 8. The maximum atomic E-state index is 5.49. The Balaban J connectivity index is 1.39. The first-order chi connectivity index (χ1) is 15.6. The molecule has 32 heavy (non-hydrogen) atoms. The zero-order valence-corrected chi connectivity index (χ0v) is 20.0. The normalized spacial score (nSPS) is 18.4. The van der Waals surface area contributed by atoms with Crippen molar-refractivity contribution in [1.82, 2.24) is 19.8 Å². The SMILES string of the molecule is Cc1sc2nc(CN3CCOCC3)nc(Nc3ccc(N4CCN(C)CC4)cc3)c2c1C. The van der Waals surface area contributed by atoms with Crippen molar-refractivity contribution >= 4 is 38.7 Å². The number of aryl methyl sites for hydroxylation is 2. The molecule has 0 aliphatic carbocycles. The van der Waals surface area contributed by atoms with Crippen molar-refractivity contribution in [2.75, 3.05) is 69.7 Å². The third-order valence-electron chi connectivity index (χ3n) is 6.54. The minimum atomic E-state index is 0.756. The highest BCUT2D eigenvalue weighted by Crippen LogP contribution is 2.35. The molecule has 8 heteroatoms. The van der Waals surface area contributed by atoms with Gasteiger partial charge in [-0.1, -0.05) is 0 Å². The van der Waals surface area contributed by atoms with Gasteiger partial charge in [0.25, 0.3) is 0 Å². The molecule has 3 aromatic rings. The Kier molecular flexibility index (Phi) is 6.28. The first-order valence-electron chi connectivity index (χ1n) is 11.4. The molecule has 2 aliphatic rings. The van der Waals surface area contributed by atoms with Crippen molar-refractivity contribution in [1.29, 1.82) is 0 Å². The van der Waals surface area contributed by atoms with Crippen LogP contribution in [-0.4, -0.2) is 79.3 Å². The minimum Gasteiger partial charge on any atom is -0.379 e. The molecular weight excluding hydrogens is 420 g/mol. The lowest BCUT2D eigenvalue weighted by Crippen LogP contribution is -2.44. The Bertz CT molecular complexity index is 1070. The molecule has 0 amide bonds. The monoisotopic (exact) mass is 452 g/mol. The summed E-state index contributed by atoms with van der Waals surface area (Å²) in [6.07, 6.45) is 0. The van der Waals surface area contributed by atoms with Gasteiger partial charge >= 0.3 is 0 Å². The lowest BCUT2D eigenvalue weighted by Gasteiger charge is -2.34. The fraction of sp³-hybridized carbons (Fsp3) is 0.500. The summed E-state index contributed by atoms with van der Waals surface area (Å²) in [6.45, 7) is 12.9. The number of nitrogens with zero attached hydrogens (tertiary/aromatic N) is 5. The van der Waals surface area contributed by atoms with E-state index in [-0.39, 0.29) is 0 Å². The third-order valence-corrected chi connectivity index (χ3v) is 7.64. The van der Waals surface area contributed by atoms with Crippen LogP contribution in [0.15, 0.2) is 24.3 Å². The number of benzene rings is 1.